The number of fused-ring (bicyclic) bond motifs is 2. The second-order valence-corrected chi connectivity index (χ2v) is 9.11. The van der Waals surface area contributed by atoms with Crippen LogP contribution in [0.3, 0.4) is 0 Å². The van der Waals surface area contributed by atoms with Crippen molar-refractivity contribution < 1.29 is 14.3 Å². The average molecular weight is 485 g/mol. The topological polar surface area (TPSA) is 60.5 Å². The van der Waals surface area contributed by atoms with E-state index < -0.39 is 0 Å². The highest BCUT2D eigenvalue weighted by atomic mass is 35.5. The molecule has 0 aliphatic carbocycles. The van der Waals surface area contributed by atoms with E-state index in [0.29, 0.717) is 45.0 Å². The number of ether oxygens (including phenoxy) is 2. The lowest BCUT2D eigenvalue weighted by Gasteiger charge is -2.26. The molecule has 0 saturated heterocycles. The number of para-hydroxylation sites is 1. The molecule has 0 bridgehead atoms. The Morgan fingerprint density at radius 1 is 1.19 bits per heavy atom. The summed E-state index contributed by atoms with van der Waals surface area (Å²) in [5.74, 6) is 1.12. The second-order valence-electron chi connectivity index (χ2n) is 7.30. The number of hydrogen-bond acceptors (Lipinski definition) is 5. The summed E-state index contributed by atoms with van der Waals surface area (Å²) >= 11 is 14.0. The van der Waals surface area contributed by atoms with Crippen molar-refractivity contribution >= 4 is 50.5 Å². The maximum atomic E-state index is 13.4. The molecule has 1 unspecified atom stereocenters. The second kappa shape index (κ2) is 8.62. The number of nitrogens with one attached hydrogen (secondary N) is 1. The summed E-state index contributed by atoms with van der Waals surface area (Å²) in [5, 5.41) is 4.82. The fourth-order valence-electron chi connectivity index (χ4n) is 3.95. The number of carbonyl (C=O) groups is 1. The van der Waals surface area contributed by atoms with Crippen molar-refractivity contribution in [2.45, 2.75) is 12.5 Å². The lowest BCUT2D eigenvalue weighted by atomic mass is 10.0. The number of amides is 1. The van der Waals surface area contributed by atoms with E-state index in [4.69, 9.17) is 32.7 Å². The molecule has 2 aromatic carbocycles. The molecule has 162 valence electrons. The largest absolute Gasteiger partial charge is 0.494 e. The number of nitrogens with zero attached hydrogens (tertiary/aromatic N) is 1. The average Bonchev–Trinajstić information content (AvgIpc) is 3.20. The number of methoxy groups -OCH3 is 1. The van der Waals surface area contributed by atoms with Crippen LogP contribution in [0, 0.1) is 0 Å². The molecule has 4 aromatic rings. The number of carbonyl (C=O) groups excluding carboxylic acids is 1. The summed E-state index contributed by atoms with van der Waals surface area (Å²) in [7, 11) is 1.56. The zero-order chi connectivity index (χ0) is 22.2. The normalized spacial score (nSPS) is 15.2. The number of thiophene rings is 1. The lowest BCUT2D eigenvalue weighted by molar-refractivity contribution is 0.0926. The van der Waals surface area contributed by atoms with Crippen LogP contribution in [0.25, 0.3) is 21.3 Å². The molecule has 0 radical (unpaired) electrons. The molecule has 2 aromatic heterocycles. The van der Waals surface area contributed by atoms with Crippen molar-refractivity contribution in [2.75, 3.05) is 13.7 Å². The predicted octanol–water partition coefficient (Wildman–Crippen LogP) is 6.53. The van der Waals surface area contributed by atoms with Crippen LogP contribution in [0.4, 0.5) is 0 Å². The van der Waals surface area contributed by atoms with E-state index in [1.54, 1.807) is 19.4 Å². The van der Waals surface area contributed by atoms with Gasteiger partial charge in [0.2, 0.25) is 0 Å². The molecule has 0 spiro atoms. The molecule has 0 saturated carbocycles. The number of rotatable bonds is 4. The molecule has 1 atom stereocenters. The Hall–Kier alpha value is -2.80. The highest BCUT2D eigenvalue weighted by Gasteiger charge is 2.27. The van der Waals surface area contributed by atoms with Crippen molar-refractivity contribution in [3.8, 4) is 22.8 Å². The minimum atomic E-state index is -0.201. The Balaban J connectivity index is 1.57. The molecular weight excluding hydrogens is 467 g/mol. The molecule has 5 rings (SSSR count). The molecule has 0 fully saturated rings. The highest BCUT2D eigenvalue weighted by Crippen LogP contribution is 2.44. The number of aromatic nitrogens is 1. The van der Waals surface area contributed by atoms with Gasteiger partial charge in [-0.2, -0.15) is 0 Å². The summed E-state index contributed by atoms with van der Waals surface area (Å²) in [4.78, 5) is 18.4. The fraction of sp³-hybridized carbons (Fsp3) is 0.167. The van der Waals surface area contributed by atoms with Gasteiger partial charge in [0.05, 0.1) is 40.2 Å². The Morgan fingerprint density at radius 2 is 2.03 bits per heavy atom. The number of hydrogen-bond donors (Lipinski definition) is 1. The van der Waals surface area contributed by atoms with Gasteiger partial charge in [0.25, 0.3) is 5.91 Å². The quantitative estimate of drug-likeness (QED) is 0.357. The van der Waals surface area contributed by atoms with Crippen LogP contribution in [-0.2, 0) is 0 Å². The summed E-state index contributed by atoms with van der Waals surface area (Å²) < 4.78 is 12.2. The van der Waals surface area contributed by atoms with Crippen molar-refractivity contribution in [2.24, 2.45) is 0 Å². The Kier molecular flexibility index (Phi) is 5.67. The van der Waals surface area contributed by atoms with Crippen LogP contribution in [0.1, 0.15) is 27.7 Å². The van der Waals surface area contributed by atoms with Gasteiger partial charge in [0.15, 0.2) is 0 Å². The molecule has 1 amide bonds. The first-order valence-corrected chi connectivity index (χ1v) is 11.6. The maximum absolute atomic E-state index is 13.4. The molecule has 32 heavy (non-hydrogen) atoms. The maximum Gasteiger partial charge on any atom is 0.265 e. The summed E-state index contributed by atoms with van der Waals surface area (Å²) in [6.07, 6.45) is 2.38. The van der Waals surface area contributed by atoms with Gasteiger partial charge >= 0.3 is 0 Å². The van der Waals surface area contributed by atoms with Crippen LogP contribution >= 0.6 is 34.5 Å². The third kappa shape index (κ3) is 3.58. The van der Waals surface area contributed by atoms with Gasteiger partial charge in [-0.3, -0.25) is 9.78 Å². The van der Waals surface area contributed by atoms with Gasteiger partial charge in [0.1, 0.15) is 16.4 Å². The standard InChI is InChI=1S/C24H18Cl2N2O3S/c1-30-21-15-9-11-27-20(14-6-4-7-16(25)19(14)26)22(15)32-23(21)24(29)28-17-10-12-31-18-8-3-2-5-13(17)18/h2-9,11,17H,10,12H2,1H3,(H,28,29). The number of pyridine rings is 1. The molecule has 8 heteroatoms. The van der Waals surface area contributed by atoms with Crippen LogP contribution in [0.2, 0.25) is 10.0 Å². The lowest BCUT2D eigenvalue weighted by Crippen LogP contribution is -2.31. The van der Waals surface area contributed by atoms with Crippen molar-refractivity contribution in [3.05, 3.63) is 75.2 Å². The molecule has 3 heterocycles. The van der Waals surface area contributed by atoms with E-state index in [1.165, 1.54) is 11.3 Å². The van der Waals surface area contributed by atoms with Gasteiger partial charge < -0.3 is 14.8 Å². The van der Waals surface area contributed by atoms with Crippen LogP contribution in [0.5, 0.6) is 11.5 Å². The molecule has 1 aliphatic rings. The molecule has 5 nitrogen and oxygen atoms in total. The van der Waals surface area contributed by atoms with Crippen LogP contribution < -0.4 is 14.8 Å². The third-order valence-corrected chi connectivity index (χ3v) is 7.45. The molecular formula is C24H18Cl2N2O3S. The van der Waals surface area contributed by atoms with Crippen molar-refractivity contribution in [1.82, 2.24) is 10.3 Å². The molecule has 1 aliphatic heterocycles. The smallest absolute Gasteiger partial charge is 0.265 e. The minimum Gasteiger partial charge on any atom is -0.494 e. The van der Waals surface area contributed by atoms with Crippen LogP contribution in [-0.4, -0.2) is 24.6 Å². The van der Waals surface area contributed by atoms with E-state index >= 15 is 0 Å². The SMILES string of the molecule is COc1c(C(=O)NC2CCOc3ccccc32)sc2c(-c3cccc(Cl)c3Cl)nccc12. The molecule has 1 N–H and O–H groups in total. The van der Waals surface area contributed by atoms with Gasteiger partial charge in [0, 0.05) is 29.1 Å². The van der Waals surface area contributed by atoms with E-state index in [9.17, 15) is 4.79 Å². The van der Waals surface area contributed by atoms with E-state index in [1.807, 2.05) is 42.5 Å². The first-order chi connectivity index (χ1) is 15.6. The van der Waals surface area contributed by atoms with E-state index in [0.717, 1.165) is 21.4 Å². The summed E-state index contributed by atoms with van der Waals surface area (Å²) in [5.41, 5.74) is 2.34. The van der Waals surface area contributed by atoms with Crippen LogP contribution in [0.15, 0.2) is 54.7 Å². The number of benzene rings is 2. The Morgan fingerprint density at radius 3 is 2.88 bits per heavy atom. The highest BCUT2D eigenvalue weighted by molar-refractivity contribution is 7.21. The first-order valence-electron chi connectivity index (χ1n) is 10.0. The van der Waals surface area contributed by atoms with E-state index in [2.05, 4.69) is 10.3 Å². The summed E-state index contributed by atoms with van der Waals surface area (Å²) in [6.45, 7) is 0.548. The van der Waals surface area contributed by atoms with Gasteiger partial charge in [-0.15, -0.1) is 11.3 Å². The van der Waals surface area contributed by atoms with Gasteiger partial charge in [-0.05, 0) is 18.2 Å². The minimum absolute atomic E-state index is 0.137. The Bertz CT molecular complexity index is 1340. The zero-order valence-corrected chi connectivity index (χ0v) is 19.4. The Labute approximate surface area is 198 Å². The fourth-order valence-corrected chi connectivity index (χ4v) is 5.51. The predicted molar refractivity (Wildman–Crippen MR) is 128 cm³/mol. The zero-order valence-electron chi connectivity index (χ0n) is 17.0. The van der Waals surface area contributed by atoms with Crippen molar-refractivity contribution in [1.29, 1.82) is 0 Å². The van der Waals surface area contributed by atoms with Crippen molar-refractivity contribution in [3.63, 3.8) is 0 Å². The first kappa shape index (κ1) is 21.1. The van der Waals surface area contributed by atoms with Gasteiger partial charge in [-0.1, -0.05) is 53.5 Å². The van der Waals surface area contributed by atoms with Gasteiger partial charge in [-0.25, -0.2) is 0 Å². The number of halogens is 2. The van der Waals surface area contributed by atoms with E-state index in [-0.39, 0.29) is 11.9 Å². The monoisotopic (exact) mass is 484 g/mol. The third-order valence-electron chi connectivity index (χ3n) is 5.44. The summed E-state index contributed by atoms with van der Waals surface area (Å²) in [6, 6.07) is 14.9.